The first-order chi connectivity index (χ1) is 12.6. The summed E-state index contributed by atoms with van der Waals surface area (Å²) in [5.74, 6) is -0.260. The molecule has 0 saturated carbocycles. The van der Waals surface area contributed by atoms with Crippen LogP contribution in [-0.4, -0.2) is 30.0 Å². The van der Waals surface area contributed by atoms with Gasteiger partial charge in [0.1, 0.15) is 6.61 Å². The molecule has 5 nitrogen and oxygen atoms in total. The van der Waals surface area contributed by atoms with Crippen molar-refractivity contribution in [1.29, 1.82) is 0 Å². The van der Waals surface area contributed by atoms with Crippen molar-refractivity contribution in [2.45, 2.75) is 26.4 Å². The van der Waals surface area contributed by atoms with Crippen LogP contribution in [0.3, 0.4) is 0 Å². The van der Waals surface area contributed by atoms with Crippen LogP contribution in [0.15, 0.2) is 54.6 Å². The van der Waals surface area contributed by atoms with Gasteiger partial charge < -0.3 is 15.0 Å². The standard InChI is InChI=1S/C21H24N2O3/c1-16-7-5-11-19(13-16)22-20(24)18-10-6-12-23(14-18)21(25)26-15-17-8-3-2-4-9-17/h2-5,7-9,11,13,18H,6,10,12,14-15H2,1H3,(H,22,24)/t18-/m1/s1. The van der Waals surface area contributed by atoms with Gasteiger partial charge in [-0.1, -0.05) is 42.5 Å². The van der Waals surface area contributed by atoms with Gasteiger partial charge in [0.25, 0.3) is 0 Å². The monoisotopic (exact) mass is 352 g/mol. The van der Waals surface area contributed by atoms with Gasteiger partial charge in [-0.05, 0) is 43.0 Å². The summed E-state index contributed by atoms with van der Waals surface area (Å²) in [7, 11) is 0. The Hall–Kier alpha value is -2.82. The van der Waals surface area contributed by atoms with Crippen LogP contribution in [-0.2, 0) is 16.1 Å². The van der Waals surface area contributed by atoms with Gasteiger partial charge in [-0.3, -0.25) is 4.79 Å². The Bertz CT molecular complexity index is 761. The fourth-order valence-corrected chi connectivity index (χ4v) is 3.13. The highest BCUT2D eigenvalue weighted by molar-refractivity contribution is 5.93. The van der Waals surface area contributed by atoms with Crippen LogP contribution < -0.4 is 5.32 Å². The molecule has 0 spiro atoms. The molecule has 5 heteroatoms. The summed E-state index contributed by atoms with van der Waals surface area (Å²) in [4.78, 5) is 26.5. The Morgan fingerprint density at radius 1 is 1.15 bits per heavy atom. The predicted molar refractivity (Wildman–Crippen MR) is 101 cm³/mol. The second kappa shape index (κ2) is 8.52. The molecule has 1 fully saturated rings. The highest BCUT2D eigenvalue weighted by Crippen LogP contribution is 2.20. The Morgan fingerprint density at radius 2 is 1.96 bits per heavy atom. The van der Waals surface area contributed by atoms with E-state index in [0.717, 1.165) is 29.7 Å². The lowest BCUT2D eigenvalue weighted by atomic mass is 9.97. The van der Waals surface area contributed by atoms with Gasteiger partial charge >= 0.3 is 6.09 Å². The zero-order valence-corrected chi connectivity index (χ0v) is 15.0. The van der Waals surface area contributed by atoms with Crippen molar-refractivity contribution in [3.8, 4) is 0 Å². The first kappa shape index (κ1) is 18.0. The molecule has 1 aliphatic rings. The van der Waals surface area contributed by atoms with Crippen LogP contribution in [0.25, 0.3) is 0 Å². The number of nitrogens with zero attached hydrogens (tertiary/aromatic N) is 1. The lowest BCUT2D eigenvalue weighted by Crippen LogP contribution is -2.44. The SMILES string of the molecule is Cc1cccc(NC(=O)[C@@H]2CCCN(C(=O)OCc3ccccc3)C2)c1. The van der Waals surface area contributed by atoms with E-state index < -0.39 is 0 Å². The number of likely N-dealkylation sites (tertiary alicyclic amines) is 1. The van der Waals surface area contributed by atoms with E-state index in [9.17, 15) is 9.59 Å². The van der Waals surface area contributed by atoms with E-state index in [1.54, 1.807) is 4.90 Å². The Balaban J connectivity index is 1.53. The van der Waals surface area contributed by atoms with Gasteiger partial charge in [-0.2, -0.15) is 0 Å². The molecule has 3 rings (SSSR count). The summed E-state index contributed by atoms with van der Waals surface area (Å²) >= 11 is 0. The van der Waals surface area contributed by atoms with Crippen molar-refractivity contribution in [1.82, 2.24) is 4.90 Å². The van der Waals surface area contributed by atoms with E-state index in [1.165, 1.54) is 0 Å². The average molecular weight is 352 g/mol. The molecule has 1 saturated heterocycles. The third kappa shape index (κ3) is 4.85. The van der Waals surface area contributed by atoms with E-state index in [2.05, 4.69) is 5.32 Å². The molecule has 1 aliphatic heterocycles. The van der Waals surface area contributed by atoms with Crippen LogP contribution in [0.5, 0.6) is 0 Å². The number of ether oxygens (including phenoxy) is 1. The fourth-order valence-electron chi connectivity index (χ4n) is 3.13. The summed E-state index contributed by atoms with van der Waals surface area (Å²) in [5.41, 5.74) is 2.84. The largest absolute Gasteiger partial charge is 0.445 e. The molecule has 2 aromatic rings. The van der Waals surface area contributed by atoms with Gasteiger partial charge in [0.05, 0.1) is 5.92 Å². The number of rotatable bonds is 4. The van der Waals surface area contributed by atoms with Crippen molar-refractivity contribution < 1.29 is 14.3 Å². The minimum atomic E-state index is -0.359. The molecule has 1 atom stereocenters. The lowest BCUT2D eigenvalue weighted by molar-refractivity contribution is -0.121. The van der Waals surface area contributed by atoms with E-state index in [1.807, 2.05) is 61.5 Å². The maximum atomic E-state index is 12.5. The predicted octanol–water partition coefficient (Wildman–Crippen LogP) is 3.98. The van der Waals surface area contributed by atoms with E-state index in [4.69, 9.17) is 4.74 Å². The van der Waals surface area contributed by atoms with Crippen molar-refractivity contribution >= 4 is 17.7 Å². The van der Waals surface area contributed by atoms with Crippen molar-refractivity contribution in [3.63, 3.8) is 0 Å². The van der Waals surface area contributed by atoms with Gasteiger partial charge in [0.15, 0.2) is 0 Å². The van der Waals surface area contributed by atoms with E-state index in [-0.39, 0.29) is 24.5 Å². The van der Waals surface area contributed by atoms with E-state index >= 15 is 0 Å². The molecule has 0 radical (unpaired) electrons. The molecule has 0 aromatic heterocycles. The molecule has 0 bridgehead atoms. The Labute approximate surface area is 154 Å². The molecule has 1 heterocycles. The lowest BCUT2D eigenvalue weighted by Gasteiger charge is -2.31. The number of anilines is 1. The number of hydrogen-bond donors (Lipinski definition) is 1. The quantitative estimate of drug-likeness (QED) is 0.905. The van der Waals surface area contributed by atoms with Gasteiger partial charge in [0, 0.05) is 18.8 Å². The molecule has 2 aromatic carbocycles. The number of aryl methyl sites for hydroxylation is 1. The zero-order chi connectivity index (χ0) is 18.4. The molecule has 0 aliphatic carbocycles. The molecular weight excluding hydrogens is 328 g/mol. The number of benzene rings is 2. The first-order valence-corrected chi connectivity index (χ1v) is 8.95. The summed E-state index contributed by atoms with van der Waals surface area (Å²) in [6.45, 7) is 3.25. The number of carbonyl (C=O) groups excluding carboxylic acids is 2. The van der Waals surface area contributed by atoms with Crippen LogP contribution in [0, 0.1) is 12.8 Å². The topological polar surface area (TPSA) is 58.6 Å². The summed E-state index contributed by atoms with van der Waals surface area (Å²) in [5, 5.41) is 2.95. The minimum absolute atomic E-state index is 0.0452. The zero-order valence-electron chi connectivity index (χ0n) is 15.0. The second-order valence-corrected chi connectivity index (χ2v) is 6.68. The normalized spacial score (nSPS) is 16.8. The highest BCUT2D eigenvalue weighted by Gasteiger charge is 2.29. The molecular formula is C21H24N2O3. The van der Waals surface area contributed by atoms with Gasteiger partial charge in [-0.25, -0.2) is 4.79 Å². The number of nitrogens with one attached hydrogen (secondary N) is 1. The van der Waals surface area contributed by atoms with Crippen molar-refractivity contribution in [2.24, 2.45) is 5.92 Å². The minimum Gasteiger partial charge on any atom is -0.445 e. The van der Waals surface area contributed by atoms with Crippen LogP contribution >= 0.6 is 0 Å². The van der Waals surface area contributed by atoms with Crippen LogP contribution in [0.4, 0.5) is 10.5 Å². The van der Waals surface area contributed by atoms with Crippen LogP contribution in [0.1, 0.15) is 24.0 Å². The molecule has 26 heavy (non-hydrogen) atoms. The number of amides is 2. The number of carbonyl (C=O) groups is 2. The Kier molecular flexibility index (Phi) is 5.89. The summed E-state index contributed by atoms with van der Waals surface area (Å²) in [6.07, 6.45) is 1.22. The smallest absolute Gasteiger partial charge is 0.410 e. The highest BCUT2D eigenvalue weighted by atomic mass is 16.6. The van der Waals surface area contributed by atoms with Crippen molar-refractivity contribution in [2.75, 3.05) is 18.4 Å². The summed E-state index contributed by atoms with van der Waals surface area (Å²) in [6, 6.07) is 17.3. The van der Waals surface area contributed by atoms with Crippen molar-refractivity contribution in [3.05, 3.63) is 65.7 Å². The van der Waals surface area contributed by atoms with E-state index in [0.29, 0.717) is 13.1 Å². The fraction of sp³-hybridized carbons (Fsp3) is 0.333. The van der Waals surface area contributed by atoms with Gasteiger partial charge in [0.2, 0.25) is 5.91 Å². The molecule has 1 N–H and O–H groups in total. The molecule has 0 unspecified atom stereocenters. The maximum Gasteiger partial charge on any atom is 0.410 e. The average Bonchev–Trinajstić information content (AvgIpc) is 2.67. The first-order valence-electron chi connectivity index (χ1n) is 8.95. The third-order valence-electron chi connectivity index (χ3n) is 4.54. The number of piperidine rings is 1. The maximum absolute atomic E-state index is 12.5. The summed E-state index contributed by atoms with van der Waals surface area (Å²) < 4.78 is 5.38. The van der Waals surface area contributed by atoms with Crippen LogP contribution in [0.2, 0.25) is 0 Å². The third-order valence-corrected chi connectivity index (χ3v) is 4.54. The molecule has 2 amide bonds. The molecule has 136 valence electrons. The Morgan fingerprint density at radius 3 is 2.73 bits per heavy atom. The van der Waals surface area contributed by atoms with Gasteiger partial charge in [-0.15, -0.1) is 0 Å². The number of hydrogen-bond acceptors (Lipinski definition) is 3. The second-order valence-electron chi connectivity index (χ2n) is 6.68.